The van der Waals surface area contributed by atoms with Gasteiger partial charge in [0.2, 0.25) is 0 Å². The van der Waals surface area contributed by atoms with Crippen LogP contribution in [0.25, 0.3) is 0 Å². The summed E-state index contributed by atoms with van der Waals surface area (Å²) in [5.74, 6) is -1.36. The number of aryl methyl sites for hydroxylation is 1. The Bertz CT molecular complexity index is 1170. The lowest BCUT2D eigenvalue weighted by Gasteiger charge is -2.36. The van der Waals surface area contributed by atoms with Gasteiger partial charge in [0, 0.05) is 37.6 Å². The maximum Gasteiger partial charge on any atom is 0.339 e. The second-order valence-corrected chi connectivity index (χ2v) is 8.34. The molecular weight excluding hydrogens is 442 g/mol. The standard InChI is InChI=1S/C28H29N3O4/c1-2-21-12-14-22(15-13-21)29-26(32)20-35-28(34)25-11-7-6-10-24(25)27(33)31-18-16-30(17-19-31)23-8-4-3-5-9-23/h3-15H,2,16-20H2,1H3,(H,29,32). The minimum atomic E-state index is -0.701. The summed E-state index contributed by atoms with van der Waals surface area (Å²) in [7, 11) is 0. The number of nitrogens with zero attached hydrogens (tertiary/aromatic N) is 2. The largest absolute Gasteiger partial charge is 0.452 e. The first-order chi connectivity index (χ1) is 17.0. The predicted molar refractivity (Wildman–Crippen MR) is 136 cm³/mol. The van der Waals surface area contributed by atoms with Gasteiger partial charge in [-0.25, -0.2) is 4.79 Å². The van der Waals surface area contributed by atoms with Crippen LogP contribution in [0, 0.1) is 0 Å². The van der Waals surface area contributed by atoms with E-state index in [-0.39, 0.29) is 17.0 Å². The maximum atomic E-state index is 13.2. The highest BCUT2D eigenvalue weighted by atomic mass is 16.5. The number of amides is 2. The number of rotatable bonds is 7. The molecule has 3 aromatic carbocycles. The van der Waals surface area contributed by atoms with E-state index in [1.54, 1.807) is 29.2 Å². The first-order valence-electron chi connectivity index (χ1n) is 11.8. The summed E-state index contributed by atoms with van der Waals surface area (Å²) in [6.07, 6.45) is 0.909. The molecule has 2 amide bonds. The van der Waals surface area contributed by atoms with Gasteiger partial charge in [-0.3, -0.25) is 9.59 Å². The molecule has 0 radical (unpaired) electrons. The zero-order valence-corrected chi connectivity index (χ0v) is 19.8. The van der Waals surface area contributed by atoms with Crippen LogP contribution in [-0.2, 0) is 16.0 Å². The number of para-hydroxylation sites is 1. The van der Waals surface area contributed by atoms with Gasteiger partial charge in [0.05, 0.1) is 11.1 Å². The van der Waals surface area contributed by atoms with Crippen LogP contribution in [0.4, 0.5) is 11.4 Å². The number of hydrogen-bond donors (Lipinski definition) is 1. The summed E-state index contributed by atoms with van der Waals surface area (Å²) in [4.78, 5) is 42.2. The van der Waals surface area contributed by atoms with Gasteiger partial charge in [0.15, 0.2) is 6.61 Å². The Kier molecular flexibility index (Phi) is 7.77. The van der Waals surface area contributed by atoms with E-state index in [0.29, 0.717) is 31.9 Å². The highest BCUT2D eigenvalue weighted by Gasteiger charge is 2.26. The Morgan fingerprint density at radius 2 is 1.43 bits per heavy atom. The molecule has 1 aliphatic rings. The third-order valence-electron chi connectivity index (χ3n) is 6.05. The van der Waals surface area contributed by atoms with Gasteiger partial charge in [0.1, 0.15) is 0 Å². The van der Waals surface area contributed by atoms with Crippen molar-refractivity contribution in [1.82, 2.24) is 4.90 Å². The highest BCUT2D eigenvalue weighted by Crippen LogP contribution is 2.19. The van der Waals surface area contributed by atoms with Gasteiger partial charge in [-0.2, -0.15) is 0 Å². The average molecular weight is 472 g/mol. The Hall–Kier alpha value is -4.13. The number of carbonyl (C=O) groups is 3. The van der Waals surface area contributed by atoms with E-state index in [2.05, 4.69) is 29.3 Å². The first-order valence-corrected chi connectivity index (χ1v) is 11.8. The molecule has 1 saturated heterocycles. The van der Waals surface area contributed by atoms with Gasteiger partial charge in [-0.05, 0) is 48.4 Å². The van der Waals surface area contributed by atoms with Crippen LogP contribution in [0.5, 0.6) is 0 Å². The van der Waals surface area contributed by atoms with E-state index in [9.17, 15) is 14.4 Å². The average Bonchev–Trinajstić information content (AvgIpc) is 2.92. The zero-order valence-electron chi connectivity index (χ0n) is 19.8. The molecule has 0 aromatic heterocycles. The summed E-state index contributed by atoms with van der Waals surface area (Å²) >= 11 is 0. The molecule has 0 bridgehead atoms. The second-order valence-electron chi connectivity index (χ2n) is 8.34. The highest BCUT2D eigenvalue weighted by molar-refractivity contribution is 6.06. The van der Waals surface area contributed by atoms with Crippen LogP contribution < -0.4 is 10.2 Å². The van der Waals surface area contributed by atoms with Crippen molar-refractivity contribution >= 4 is 29.2 Å². The molecule has 0 aliphatic carbocycles. The fourth-order valence-electron chi connectivity index (χ4n) is 4.05. The van der Waals surface area contributed by atoms with E-state index < -0.39 is 18.5 Å². The van der Waals surface area contributed by atoms with Crippen molar-refractivity contribution in [2.24, 2.45) is 0 Å². The Morgan fingerprint density at radius 1 is 0.800 bits per heavy atom. The SMILES string of the molecule is CCc1ccc(NC(=O)COC(=O)c2ccccc2C(=O)N2CCN(c3ccccc3)CC2)cc1. The number of piperazine rings is 1. The van der Waals surface area contributed by atoms with Crippen molar-refractivity contribution < 1.29 is 19.1 Å². The van der Waals surface area contributed by atoms with Crippen LogP contribution in [0.1, 0.15) is 33.2 Å². The number of ether oxygens (including phenoxy) is 1. The van der Waals surface area contributed by atoms with E-state index in [1.165, 1.54) is 0 Å². The number of esters is 1. The lowest BCUT2D eigenvalue weighted by atomic mass is 10.1. The summed E-state index contributed by atoms with van der Waals surface area (Å²) in [5, 5.41) is 2.71. The molecule has 0 spiro atoms. The molecule has 1 aliphatic heterocycles. The van der Waals surface area contributed by atoms with Crippen LogP contribution in [0.2, 0.25) is 0 Å². The molecule has 1 N–H and O–H groups in total. The van der Waals surface area contributed by atoms with Crippen LogP contribution in [0.15, 0.2) is 78.9 Å². The van der Waals surface area contributed by atoms with E-state index >= 15 is 0 Å². The number of anilines is 2. The van der Waals surface area contributed by atoms with Crippen molar-refractivity contribution in [3.63, 3.8) is 0 Å². The summed E-state index contributed by atoms with van der Waals surface area (Å²) in [6, 6.07) is 24.1. The summed E-state index contributed by atoms with van der Waals surface area (Å²) in [6.45, 7) is 4.14. The van der Waals surface area contributed by atoms with Crippen molar-refractivity contribution in [3.05, 3.63) is 95.6 Å². The Labute approximate surface area is 205 Å². The molecule has 7 nitrogen and oxygen atoms in total. The third-order valence-corrected chi connectivity index (χ3v) is 6.05. The Balaban J connectivity index is 1.34. The van der Waals surface area contributed by atoms with Crippen molar-refractivity contribution in [1.29, 1.82) is 0 Å². The molecule has 0 unspecified atom stereocenters. The molecule has 1 heterocycles. The monoisotopic (exact) mass is 471 g/mol. The minimum Gasteiger partial charge on any atom is -0.452 e. The van der Waals surface area contributed by atoms with Gasteiger partial charge < -0.3 is 19.9 Å². The lowest BCUT2D eigenvalue weighted by molar-refractivity contribution is -0.119. The molecule has 1 fully saturated rings. The fourth-order valence-corrected chi connectivity index (χ4v) is 4.05. The topological polar surface area (TPSA) is 78.9 Å². The quantitative estimate of drug-likeness (QED) is 0.527. The van der Waals surface area contributed by atoms with Crippen LogP contribution >= 0.6 is 0 Å². The predicted octanol–water partition coefficient (Wildman–Crippen LogP) is 4.01. The maximum absolute atomic E-state index is 13.2. The van der Waals surface area contributed by atoms with Crippen molar-refractivity contribution in [3.8, 4) is 0 Å². The number of nitrogens with one attached hydrogen (secondary N) is 1. The summed E-state index contributed by atoms with van der Waals surface area (Å²) in [5.41, 5.74) is 3.36. The van der Waals surface area contributed by atoms with Gasteiger partial charge in [0.25, 0.3) is 11.8 Å². The molecule has 4 rings (SSSR count). The molecule has 3 aromatic rings. The molecule has 7 heteroatoms. The number of hydrogen-bond acceptors (Lipinski definition) is 5. The van der Waals surface area contributed by atoms with E-state index in [4.69, 9.17) is 4.74 Å². The Morgan fingerprint density at radius 3 is 2.09 bits per heavy atom. The molecule has 35 heavy (non-hydrogen) atoms. The second kappa shape index (κ2) is 11.3. The smallest absolute Gasteiger partial charge is 0.339 e. The molecule has 0 atom stereocenters. The van der Waals surface area contributed by atoms with Gasteiger partial charge in [-0.1, -0.05) is 49.4 Å². The molecule has 180 valence electrons. The summed E-state index contributed by atoms with van der Waals surface area (Å²) < 4.78 is 5.23. The number of benzene rings is 3. The number of carbonyl (C=O) groups excluding carboxylic acids is 3. The first kappa shape index (κ1) is 24.0. The minimum absolute atomic E-state index is 0.156. The molecular formula is C28H29N3O4. The normalized spacial score (nSPS) is 13.3. The van der Waals surface area contributed by atoms with Gasteiger partial charge >= 0.3 is 5.97 Å². The third kappa shape index (κ3) is 6.06. The van der Waals surface area contributed by atoms with Crippen molar-refractivity contribution in [2.75, 3.05) is 43.0 Å². The van der Waals surface area contributed by atoms with Gasteiger partial charge in [-0.15, -0.1) is 0 Å². The van der Waals surface area contributed by atoms with E-state index in [0.717, 1.165) is 17.7 Å². The van der Waals surface area contributed by atoms with Crippen LogP contribution in [-0.4, -0.2) is 55.5 Å². The zero-order chi connectivity index (χ0) is 24.6. The van der Waals surface area contributed by atoms with Crippen molar-refractivity contribution in [2.45, 2.75) is 13.3 Å². The lowest BCUT2D eigenvalue weighted by Crippen LogP contribution is -2.49. The molecule has 0 saturated carbocycles. The fraction of sp³-hybridized carbons (Fsp3) is 0.250. The van der Waals surface area contributed by atoms with Crippen LogP contribution in [0.3, 0.4) is 0 Å². The van der Waals surface area contributed by atoms with E-state index in [1.807, 2.05) is 42.5 Å².